The van der Waals surface area contributed by atoms with Crippen molar-refractivity contribution in [2.24, 2.45) is 0 Å². The Balaban J connectivity index is 1.77. The molecular weight excluding hydrogens is 455 g/mol. The predicted molar refractivity (Wildman–Crippen MR) is 109 cm³/mol. The highest BCUT2D eigenvalue weighted by Crippen LogP contribution is 2.26. The predicted octanol–water partition coefficient (Wildman–Crippen LogP) is 4.31. The van der Waals surface area contributed by atoms with Gasteiger partial charge < -0.3 is 4.74 Å². The second kappa shape index (κ2) is 8.60. The van der Waals surface area contributed by atoms with Crippen LogP contribution in [-0.2, 0) is 5.75 Å². The largest absolute Gasteiger partial charge is 0.479 e. The van der Waals surface area contributed by atoms with Gasteiger partial charge in [-0.25, -0.2) is 18.2 Å². The van der Waals surface area contributed by atoms with E-state index in [-0.39, 0.29) is 32.8 Å². The number of benzene rings is 1. The van der Waals surface area contributed by atoms with Gasteiger partial charge in [0.2, 0.25) is 5.88 Å². The van der Waals surface area contributed by atoms with Crippen molar-refractivity contribution in [3.05, 3.63) is 75.0 Å². The van der Waals surface area contributed by atoms with Crippen LogP contribution in [0.2, 0.25) is 5.02 Å². The summed E-state index contributed by atoms with van der Waals surface area (Å²) in [6.07, 6.45) is -0.00856. The number of rotatable bonds is 6. The second-order valence-electron chi connectivity index (χ2n) is 6.27. The van der Waals surface area contributed by atoms with Crippen LogP contribution in [-0.4, -0.2) is 31.5 Å². The van der Waals surface area contributed by atoms with E-state index in [4.69, 9.17) is 16.3 Å². The molecule has 0 spiro atoms. The van der Waals surface area contributed by atoms with Gasteiger partial charge in [0, 0.05) is 17.4 Å². The highest BCUT2D eigenvalue weighted by atomic mass is 35.5. The standard InChI is InChI=1S/C19H13ClF3N5O2S/c1-30-17-14(21)6-12(7-24-17)27-18(29)15-13(20)8-25-28(15)26-19(27)31-9-10-2-4-11(5-3-10)16(22)23/h2-8,16H,9H2,1H3. The van der Waals surface area contributed by atoms with Crippen LogP contribution in [0.4, 0.5) is 13.2 Å². The summed E-state index contributed by atoms with van der Waals surface area (Å²) < 4.78 is 46.8. The molecule has 31 heavy (non-hydrogen) atoms. The Morgan fingerprint density at radius 3 is 2.61 bits per heavy atom. The number of hydrogen-bond donors (Lipinski definition) is 0. The maximum Gasteiger partial charge on any atom is 0.286 e. The number of fused-ring (bicyclic) bond motifs is 1. The average molecular weight is 468 g/mol. The lowest BCUT2D eigenvalue weighted by Gasteiger charge is -2.12. The molecule has 0 aliphatic heterocycles. The quantitative estimate of drug-likeness (QED) is 0.393. The summed E-state index contributed by atoms with van der Waals surface area (Å²) in [4.78, 5) is 17.0. The average Bonchev–Trinajstić information content (AvgIpc) is 3.13. The number of thioether (sulfide) groups is 1. The zero-order chi connectivity index (χ0) is 22.1. The molecule has 0 amide bonds. The topological polar surface area (TPSA) is 74.3 Å². The zero-order valence-corrected chi connectivity index (χ0v) is 17.4. The van der Waals surface area contributed by atoms with Crippen LogP contribution in [0.5, 0.6) is 5.88 Å². The van der Waals surface area contributed by atoms with Gasteiger partial charge in [-0.1, -0.05) is 47.6 Å². The molecule has 7 nitrogen and oxygen atoms in total. The molecule has 0 radical (unpaired) electrons. The lowest BCUT2D eigenvalue weighted by atomic mass is 10.2. The molecule has 4 rings (SSSR count). The minimum Gasteiger partial charge on any atom is -0.479 e. The third-order valence-corrected chi connectivity index (χ3v) is 5.60. The van der Waals surface area contributed by atoms with E-state index in [2.05, 4.69) is 15.2 Å². The maximum atomic E-state index is 14.3. The molecule has 4 aromatic rings. The van der Waals surface area contributed by atoms with Crippen molar-refractivity contribution in [2.45, 2.75) is 17.3 Å². The summed E-state index contributed by atoms with van der Waals surface area (Å²) in [5.41, 5.74) is 0.207. The molecule has 0 saturated heterocycles. The van der Waals surface area contributed by atoms with Gasteiger partial charge in [0.1, 0.15) is 0 Å². The van der Waals surface area contributed by atoms with E-state index in [0.29, 0.717) is 5.75 Å². The van der Waals surface area contributed by atoms with Gasteiger partial charge in [-0.2, -0.15) is 5.10 Å². The number of alkyl halides is 2. The minimum absolute atomic E-state index is 0.0172. The number of methoxy groups -OCH3 is 1. The SMILES string of the molecule is COc1ncc(-n2c(SCc3ccc(C(F)F)cc3)nn3ncc(Cl)c3c2=O)cc1F. The summed E-state index contributed by atoms with van der Waals surface area (Å²) in [5, 5.41) is 8.54. The lowest BCUT2D eigenvalue weighted by Crippen LogP contribution is -2.25. The highest BCUT2D eigenvalue weighted by Gasteiger charge is 2.19. The van der Waals surface area contributed by atoms with Crippen LogP contribution in [0.1, 0.15) is 17.6 Å². The highest BCUT2D eigenvalue weighted by molar-refractivity contribution is 7.98. The van der Waals surface area contributed by atoms with Gasteiger partial charge in [-0.15, -0.1) is 9.73 Å². The van der Waals surface area contributed by atoms with Crippen LogP contribution in [0, 0.1) is 5.82 Å². The van der Waals surface area contributed by atoms with Crippen molar-refractivity contribution in [1.29, 1.82) is 0 Å². The van der Waals surface area contributed by atoms with E-state index >= 15 is 0 Å². The molecule has 3 heterocycles. The Kier molecular flexibility index (Phi) is 5.88. The number of pyridine rings is 1. The van der Waals surface area contributed by atoms with Gasteiger partial charge >= 0.3 is 0 Å². The van der Waals surface area contributed by atoms with E-state index in [1.807, 2.05) is 0 Å². The fourth-order valence-corrected chi connectivity index (χ4v) is 3.96. The molecule has 1 aromatic carbocycles. The molecule has 0 unspecified atom stereocenters. The number of halogens is 4. The molecular formula is C19H13ClF3N5O2S. The molecule has 0 fully saturated rings. The van der Waals surface area contributed by atoms with Gasteiger partial charge in [-0.05, 0) is 5.56 Å². The minimum atomic E-state index is -2.56. The van der Waals surface area contributed by atoms with Crippen molar-refractivity contribution >= 4 is 28.9 Å². The summed E-state index contributed by atoms with van der Waals surface area (Å²) in [6, 6.07) is 6.89. The van der Waals surface area contributed by atoms with Gasteiger partial charge in [-0.3, -0.25) is 9.36 Å². The fraction of sp³-hybridized carbons (Fsp3) is 0.158. The molecule has 0 N–H and O–H groups in total. The smallest absolute Gasteiger partial charge is 0.286 e. The van der Waals surface area contributed by atoms with E-state index in [1.54, 1.807) is 12.1 Å². The van der Waals surface area contributed by atoms with Crippen molar-refractivity contribution < 1.29 is 17.9 Å². The number of hydrogen-bond acceptors (Lipinski definition) is 6. The Bertz CT molecular complexity index is 1310. The van der Waals surface area contributed by atoms with Crippen molar-refractivity contribution in [2.75, 3.05) is 7.11 Å². The third kappa shape index (κ3) is 4.10. The molecule has 0 aliphatic carbocycles. The first-order valence-corrected chi connectivity index (χ1v) is 10.1. The van der Waals surface area contributed by atoms with Crippen LogP contribution in [0.25, 0.3) is 11.2 Å². The fourth-order valence-electron chi connectivity index (χ4n) is 2.82. The maximum absolute atomic E-state index is 14.3. The van der Waals surface area contributed by atoms with E-state index in [1.165, 1.54) is 31.6 Å². The first-order valence-electron chi connectivity index (χ1n) is 8.75. The third-order valence-electron chi connectivity index (χ3n) is 4.33. The van der Waals surface area contributed by atoms with E-state index in [0.717, 1.165) is 32.6 Å². The molecule has 0 aliphatic rings. The summed E-state index contributed by atoms with van der Waals surface area (Å²) >= 11 is 7.21. The van der Waals surface area contributed by atoms with Crippen LogP contribution in [0.15, 0.2) is 52.7 Å². The van der Waals surface area contributed by atoms with Crippen molar-refractivity contribution in [3.63, 3.8) is 0 Å². The molecule has 3 aromatic heterocycles. The summed E-state index contributed by atoms with van der Waals surface area (Å²) in [7, 11) is 1.28. The summed E-state index contributed by atoms with van der Waals surface area (Å²) in [5.74, 6) is -0.672. The molecule has 0 atom stereocenters. The summed E-state index contributed by atoms with van der Waals surface area (Å²) in [6.45, 7) is 0. The first kappa shape index (κ1) is 21.2. The van der Waals surface area contributed by atoms with Crippen molar-refractivity contribution in [3.8, 4) is 11.6 Å². The number of aromatic nitrogens is 5. The zero-order valence-electron chi connectivity index (χ0n) is 15.8. The number of ether oxygens (including phenoxy) is 1. The van der Waals surface area contributed by atoms with Crippen LogP contribution in [0.3, 0.4) is 0 Å². The first-order chi connectivity index (χ1) is 14.9. The van der Waals surface area contributed by atoms with Gasteiger partial charge in [0.25, 0.3) is 12.0 Å². The molecule has 12 heteroatoms. The number of nitrogens with zero attached hydrogens (tertiary/aromatic N) is 5. The molecule has 0 bridgehead atoms. The normalized spacial score (nSPS) is 11.4. The Labute approximate surface area is 182 Å². The lowest BCUT2D eigenvalue weighted by molar-refractivity contribution is 0.151. The van der Waals surface area contributed by atoms with Gasteiger partial charge in [0.15, 0.2) is 16.5 Å². The van der Waals surface area contributed by atoms with Crippen LogP contribution >= 0.6 is 23.4 Å². The monoisotopic (exact) mass is 467 g/mol. The Hall–Kier alpha value is -3.05. The molecule has 0 saturated carbocycles. The Morgan fingerprint density at radius 2 is 1.97 bits per heavy atom. The van der Waals surface area contributed by atoms with Gasteiger partial charge in [0.05, 0.1) is 30.2 Å². The second-order valence-corrected chi connectivity index (χ2v) is 7.62. The molecule has 160 valence electrons. The van der Waals surface area contributed by atoms with Crippen LogP contribution < -0.4 is 10.3 Å². The van der Waals surface area contributed by atoms with Crippen molar-refractivity contribution in [1.82, 2.24) is 24.4 Å². The van der Waals surface area contributed by atoms with E-state index in [9.17, 15) is 18.0 Å². The van der Waals surface area contributed by atoms with E-state index < -0.39 is 17.8 Å². The Morgan fingerprint density at radius 1 is 1.23 bits per heavy atom.